The number of aromatic amines is 1. The number of H-pyrrole nitrogens is 1. The summed E-state index contributed by atoms with van der Waals surface area (Å²) in [5.41, 5.74) is 8.50. The predicted octanol–water partition coefficient (Wildman–Crippen LogP) is 1.55. The molecule has 0 spiro atoms. The van der Waals surface area contributed by atoms with E-state index < -0.39 is 0 Å². The van der Waals surface area contributed by atoms with Crippen LogP contribution in [0.5, 0.6) is 0 Å². The molecule has 4 nitrogen and oxygen atoms in total. The number of hydrogen-bond donors (Lipinski definition) is 2. The van der Waals surface area contributed by atoms with Crippen LogP contribution in [0.25, 0.3) is 11.2 Å². The van der Waals surface area contributed by atoms with Gasteiger partial charge in [-0.2, -0.15) is 0 Å². The van der Waals surface area contributed by atoms with Crippen LogP contribution in [0, 0.1) is 6.92 Å². The monoisotopic (exact) mass is 204 g/mol. The molecule has 1 atom stereocenters. The Morgan fingerprint density at radius 3 is 2.93 bits per heavy atom. The van der Waals surface area contributed by atoms with Gasteiger partial charge in [0.1, 0.15) is 5.82 Å². The fraction of sp³-hybridized carbons (Fsp3) is 0.455. The largest absolute Gasteiger partial charge is 0.341 e. The highest BCUT2D eigenvalue weighted by Crippen LogP contribution is 2.10. The van der Waals surface area contributed by atoms with Gasteiger partial charge in [-0.3, -0.25) is 0 Å². The van der Waals surface area contributed by atoms with E-state index in [1.165, 1.54) is 0 Å². The first-order valence-electron chi connectivity index (χ1n) is 5.23. The Kier molecular flexibility index (Phi) is 2.68. The summed E-state index contributed by atoms with van der Waals surface area (Å²) in [6.45, 7) is 3.97. The van der Waals surface area contributed by atoms with E-state index in [9.17, 15) is 0 Å². The molecule has 0 bridgehead atoms. The van der Waals surface area contributed by atoms with E-state index in [0.717, 1.165) is 35.5 Å². The van der Waals surface area contributed by atoms with Crippen molar-refractivity contribution in [3.05, 3.63) is 23.7 Å². The second kappa shape index (κ2) is 3.98. The summed E-state index contributed by atoms with van der Waals surface area (Å²) < 4.78 is 0. The third kappa shape index (κ3) is 2.33. The maximum atomic E-state index is 5.70. The van der Waals surface area contributed by atoms with Crippen molar-refractivity contribution in [1.82, 2.24) is 15.0 Å². The van der Waals surface area contributed by atoms with Gasteiger partial charge in [-0.1, -0.05) is 0 Å². The van der Waals surface area contributed by atoms with E-state index in [1.807, 2.05) is 26.0 Å². The van der Waals surface area contributed by atoms with Crippen LogP contribution < -0.4 is 5.73 Å². The number of nitrogens with two attached hydrogens (primary N) is 1. The van der Waals surface area contributed by atoms with Crippen LogP contribution in [0.15, 0.2) is 12.1 Å². The van der Waals surface area contributed by atoms with Crippen LogP contribution in [0.2, 0.25) is 0 Å². The van der Waals surface area contributed by atoms with Gasteiger partial charge in [0.2, 0.25) is 0 Å². The zero-order chi connectivity index (χ0) is 10.8. The summed E-state index contributed by atoms with van der Waals surface area (Å²) in [4.78, 5) is 12.0. The number of rotatable bonds is 3. The number of imidazole rings is 1. The molecule has 0 saturated carbocycles. The molecule has 2 rings (SSSR count). The van der Waals surface area contributed by atoms with E-state index in [2.05, 4.69) is 15.0 Å². The second-order valence-corrected chi connectivity index (χ2v) is 4.02. The maximum absolute atomic E-state index is 5.70. The number of aromatic nitrogens is 3. The van der Waals surface area contributed by atoms with E-state index in [0.29, 0.717) is 0 Å². The molecule has 3 N–H and O–H groups in total. The summed E-state index contributed by atoms with van der Waals surface area (Å²) in [6.07, 6.45) is 1.83. The van der Waals surface area contributed by atoms with Crippen LogP contribution >= 0.6 is 0 Å². The lowest BCUT2D eigenvalue weighted by Gasteiger charge is -2.00. The SMILES string of the molecule is Cc1ccc2[nH]c(CCC(C)N)nc2n1. The summed E-state index contributed by atoms with van der Waals surface area (Å²) in [5, 5.41) is 0. The van der Waals surface area contributed by atoms with Gasteiger partial charge in [0, 0.05) is 18.2 Å². The van der Waals surface area contributed by atoms with Crippen molar-refractivity contribution in [3.63, 3.8) is 0 Å². The normalized spacial score (nSPS) is 13.3. The van der Waals surface area contributed by atoms with Crippen molar-refractivity contribution in [2.45, 2.75) is 32.7 Å². The molecular weight excluding hydrogens is 188 g/mol. The second-order valence-electron chi connectivity index (χ2n) is 4.02. The molecule has 0 saturated heterocycles. The van der Waals surface area contributed by atoms with Crippen molar-refractivity contribution in [1.29, 1.82) is 0 Å². The maximum Gasteiger partial charge on any atom is 0.177 e. The molecule has 0 aromatic carbocycles. The van der Waals surface area contributed by atoms with Gasteiger partial charge >= 0.3 is 0 Å². The van der Waals surface area contributed by atoms with Crippen LogP contribution in [0.3, 0.4) is 0 Å². The zero-order valence-electron chi connectivity index (χ0n) is 9.12. The van der Waals surface area contributed by atoms with Crippen molar-refractivity contribution in [3.8, 4) is 0 Å². The van der Waals surface area contributed by atoms with Crippen molar-refractivity contribution >= 4 is 11.2 Å². The summed E-state index contributed by atoms with van der Waals surface area (Å²) in [5.74, 6) is 0.973. The third-order valence-corrected chi connectivity index (χ3v) is 2.37. The van der Waals surface area contributed by atoms with E-state index in [-0.39, 0.29) is 6.04 Å². The van der Waals surface area contributed by atoms with Gasteiger partial charge in [0.25, 0.3) is 0 Å². The summed E-state index contributed by atoms with van der Waals surface area (Å²) in [6, 6.07) is 4.21. The highest BCUT2D eigenvalue weighted by molar-refractivity contribution is 5.70. The van der Waals surface area contributed by atoms with Crippen molar-refractivity contribution in [2.75, 3.05) is 0 Å². The van der Waals surface area contributed by atoms with Gasteiger partial charge in [-0.15, -0.1) is 0 Å². The quantitative estimate of drug-likeness (QED) is 0.797. The average molecular weight is 204 g/mol. The lowest BCUT2D eigenvalue weighted by Crippen LogP contribution is -2.15. The van der Waals surface area contributed by atoms with E-state index >= 15 is 0 Å². The molecule has 80 valence electrons. The first kappa shape index (κ1) is 10.1. The fourth-order valence-electron chi connectivity index (χ4n) is 1.52. The minimum atomic E-state index is 0.216. The van der Waals surface area contributed by atoms with Crippen molar-refractivity contribution < 1.29 is 0 Å². The molecule has 15 heavy (non-hydrogen) atoms. The topological polar surface area (TPSA) is 67.6 Å². The van der Waals surface area contributed by atoms with Crippen LogP contribution in [0.4, 0.5) is 0 Å². The molecule has 2 aromatic rings. The lowest BCUT2D eigenvalue weighted by molar-refractivity contribution is 0.652. The molecule has 0 aliphatic rings. The number of nitrogens with one attached hydrogen (secondary N) is 1. The standard InChI is InChI=1S/C11H16N4/c1-7(12)3-6-10-14-9-5-4-8(2)13-11(9)15-10/h4-5,7H,3,6,12H2,1-2H3,(H,13,14,15). The first-order valence-corrected chi connectivity index (χ1v) is 5.23. The third-order valence-electron chi connectivity index (χ3n) is 2.37. The van der Waals surface area contributed by atoms with E-state index in [4.69, 9.17) is 5.73 Å². The number of nitrogens with zero attached hydrogens (tertiary/aromatic N) is 2. The van der Waals surface area contributed by atoms with Gasteiger partial charge in [0.15, 0.2) is 5.65 Å². The smallest absolute Gasteiger partial charge is 0.177 e. The minimum absolute atomic E-state index is 0.216. The molecule has 0 aliphatic carbocycles. The number of fused-ring (bicyclic) bond motifs is 1. The Balaban J connectivity index is 2.23. The van der Waals surface area contributed by atoms with Crippen LogP contribution in [-0.4, -0.2) is 21.0 Å². The summed E-state index contributed by atoms with van der Waals surface area (Å²) >= 11 is 0. The number of aryl methyl sites for hydroxylation is 2. The van der Waals surface area contributed by atoms with Crippen LogP contribution in [-0.2, 0) is 6.42 Å². The van der Waals surface area contributed by atoms with Crippen molar-refractivity contribution in [2.24, 2.45) is 5.73 Å². The van der Waals surface area contributed by atoms with Gasteiger partial charge in [-0.05, 0) is 32.4 Å². The Bertz CT molecular complexity index is 459. The Hall–Kier alpha value is -1.42. The number of pyridine rings is 1. The van der Waals surface area contributed by atoms with E-state index in [1.54, 1.807) is 0 Å². The Morgan fingerprint density at radius 2 is 2.20 bits per heavy atom. The highest BCUT2D eigenvalue weighted by Gasteiger charge is 2.04. The lowest BCUT2D eigenvalue weighted by atomic mass is 10.2. The predicted molar refractivity (Wildman–Crippen MR) is 60.6 cm³/mol. The summed E-state index contributed by atoms with van der Waals surface area (Å²) in [7, 11) is 0. The van der Waals surface area contributed by atoms with Gasteiger partial charge < -0.3 is 10.7 Å². The Labute approximate surface area is 88.9 Å². The molecule has 4 heteroatoms. The zero-order valence-corrected chi connectivity index (χ0v) is 9.12. The molecule has 0 fully saturated rings. The molecule has 0 amide bonds. The first-order chi connectivity index (χ1) is 7.15. The highest BCUT2D eigenvalue weighted by atomic mass is 15.0. The average Bonchev–Trinajstić information content (AvgIpc) is 2.56. The minimum Gasteiger partial charge on any atom is -0.341 e. The fourth-order valence-corrected chi connectivity index (χ4v) is 1.52. The molecule has 2 aromatic heterocycles. The van der Waals surface area contributed by atoms with Crippen LogP contribution in [0.1, 0.15) is 24.9 Å². The van der Waals surface area contributed by atoms with Gasteiger partial charge in [-0.25, -0.2) is 9.97 Å². The Morgan fingerprint density at radius 1 is 1.40 bits per heavy atom. The molecule has 0 radical (unpaired) electrons. The molecule has 2 heterocycles. The molecule has 0 aliphatic heterocycles. The number of hydrogen-bond acceptors (Lipinski definition) is 3. The van der Waals surface area contributed by atoms with Gasteiger partial charge in [0.05, 0.1) is 5.52 Å². The molecular formula is C11H16N4. The molecule has 1 unspecified atom stereocenters.